The summed E-state index contributed by atoms with van der Waals surface area (Å²) in [6.45, 7) is -0.621. The highest BCUT2D eigenvalue weighted by Crippen LogP contribution is 2.24. The second-order valence-corrected chi connectivity index (χ2v) is 3.18. The van der Waals surface area contributed by atoms with Crippen LogP contribution >= 0.6 is 0 Å². The summed E-state index contributed by atoms with van der Waals surface area (Å²) >= 11 is 0. The first-order valence-electron chi connectivity index (χ1n) is 4.94. The van der Waals surface area contributed by atoms with Gasteiger partial charge in [0.05, 0.1) is 19.8 Å². The monoisotopic (exact) mass is 255 g/mol. The summed E-state index contributed by atoms with van der Waals surface area (Å²) in [5.74, 6) is -0.951. The van der Waals surface area contributed by atoms with Gasteiger partial charge in [0.25, 0.3) is 5.91 Å². The number of benzene rings is 1. The number of aliphatic carboxylic acids is 1. The van der Waals surface area contributed by atoms with Gasteiger partial charge in [0, 0.05) is 6.07 Å². The van der Waals surface area contributed by atoms with Gasteiger partial charge in [-0.15, -0.1) is 0 Å². The van der Waals surface area contributed by atoms with Crippen LogP contribution in [0.2, 0.25) is 0 Å². The number of methoxy groups -OCH3 is 2. The molecule has 0 aliphatic carbocycles. The van der Waals surface area contributed by atoms with Gasteiger partial charge in [-0.25, -0.2) is 10.3 Å². The van der Waals surface area contributed by atoms with Crippen molar-refractivity contribution in [3.05, 3.63) is 23.8 Å². The summed E-state index contributed by atoms with van der Waals surface area (Å²) in [6.07, 6.45) is 0. The minimum Gasteiger partial charge on any atom is -0.497 e. The average Bonchev–Trinajstić information content (AvgIpc) is 2.37. The van der Waals surface area contributed by atoms with E-state index in [4.69, 9.17) is 14.6 Å². The Balaban J connectivity index is 2.75. The van der Waals surface area contributed by atoms with E-state index in [2.05, 4.69) is 4.84 Å². The summed E-state index contributed by atoms with van der Waals surface area (Å²) in [5.41, 5.74) is 2.21. The van der Waals surface area contributed by atoms with Crippen LogP contribution in [0.15, 0.2) is 18.2 Å². The molecule has 0 heterocycles. The predicted octanol–water partition coefficient (Wildman–Crippen LogP) is 0.450. The number of amides is 1. The molecule has 1 amide bonds. The van der Waals surface area contributed by atoms with Crippen LogP contribution in [0, 0.1) is 0 Å². The fourth-order valence-corrected chi connectivity index (χ4v) is 1.20. The molecular weight excluding hydrogens is 242 g/mol. The number of rotatable bonds is 6. The van der Waals surface area contributed by atoms with Crippen LogP contribution in [-0.4, -0.2) is 37.8 Å². The number of ether oxygens (including phenoxy) is 2. The Hall–Kier alpha value is -2.28. The van der Waals surface area contributed by atoms with Crippen molar-refractivity contribution in [2.24, 2.45) is 0 Å². The van der Waals surface area contributed by atoms with E-state index in [1.165, 1.54) is 26.4 Å². The SMILES string of the molecule is COc1ccc(C(=O)NOCC(=O)O)c(OC)c1. The Kier molecular flexibility index (Phi) is 4.94. The van der Waals surface area contributed by atoms with E-state index in [-0.39, 0.29) is 5.56 Å². The van der Waals surface area contributed by atoms with E-state index in [1.54, 1.807) is 6.07 Å². The van der Waals surface area contributed by atoms with Crippen molar-refractivity contribution in [2.75, 3.05) is 20.8 Å². The first-order chi connectivity index (χ1) is 8.58. The summed E-state index contributed by atoms with van der Waals surface area (Å²) in [7, 11) is 2.90. The highest BCUT2D eigenvalue weighted by atomic mass is 16.7. The van der Waals surface area contributed by atoms with Gasteiger partial charge < -0.3 is 14.6 Å². The largest absolute Gasteiger partial charge is 0.497 e. The first kappa shape index (κ1) is 13.8. The molecule has 0 aliphatic heterocycles. The molecule has 2 N–H and O–H groups in total. The number of nitrogens with one attached hydrogen (secondary N) is 1. The Morgan fingerprint density at radius 3 is 2.56 bits per heavy atom. The third-order valence-corrected chi connectivity index (χ3v) is 2.01. The summed E-state index contributed by atoms with van der Waals surface area (Å²) in [6, 6.07) is 4.60. The number of carboxylic acids is 1. The molecule has 0 atom stereocenters. The van der Waals surface area contributed by atoms with Crippen LogP contribution in [0.1, 0.15) is 10.4 Å². The van der Waals surface area contributed by atoms with E-state index in [9.17, 15) is 9.59 Å². The second kappa shape index (κ2) is 6.45. The molecule has 1 aromatic rings. The third-order valence-electron chi connectivity index (χ3n) is 2.01. The van der Waals surface area contributed by atoms with Crippen molar-refractivity contribution in [1.82, 2.24) is 5.48 Å². The fourth-order valence-electron chi connectivity index (χ4n) is 1.20. The Labute approximate surface area is 103 Å². The van der Waals surface area contributed by atoms with Crippen LogP contribution in [0.4, 0.5) is 0 Å². The van der Waals surface area contributed by atoms with Crippen LogP contribution in [0.3, 0.4) is 0 Å². The molecule has 7 nitrogen and oxygen atoms in total. The minimum atomic E-state index is -1.18. The minimum absolute atomic E-state index is 0.212. The van der Waals surface area contributed by atoms with Crippen LogP contribution in [0.25, 0.3) is 0 Å². The Bertz CT molecular complexity index is 445. The van der Waals surface area contributed by atoms with Gasteiger partial charge in [-0.05, 0) is 12.1 Å². The first-order valence-corrected chi connectivity index (χ1v) is 4.94. The number of carbonyl (C=O) groups is 2. The standard InChI is InChI=1S/C11H13NO6/c1-16-7-3-4-8(9(5-7)17-2)11(15)12-18-6-10(13)14/h3-5H,6H2,1-2H3,(H,12,15)(H,13,14). The maximum Gasteiger partial charge on any atom is 0.332 e. The fraction of sp³-hybridized carbons (Fsp3) is 0.273. The Morgan fingerprint density at radius 1 is 1.28 bits per heavy atom. The number of carboxylic acid groups (broad SMARTS) is 1. The lowest BCUT2D eigenvalue weighted by atomic mass is 10.2. The molecule has 0 saturated carbocycles. The van der Waals surface area contributed by atoms with Gasteiger partial charge in [-0.2, -0.15) is 0 Å². The smallest absolute Gasteiger partial charge is 0.332 e. The molecule has 0 fully saturated rings. The van der Waals surface area contributed by atoms with Crippen LogP contribution < -0.4 is 15.0 Å². The van der Waals surface area contributed by atoms with Gasteiger partial charge in [0.2, 0.25) is 0 Å². The van der Waals surface area contributed by atoms with E-state index in [1.807, 2.05) is 5.48 Å². The van der Waals surface area contributed by atoms with E-state index in [0.717, 1.165) is 0 Å². The lowest BCUT2D eigenvalue weighted by Crippen LogP contribution is -2.27. The molecule has 0 aliphatic rings. The zero-order chi connectivity index (χ0) is 13.5. The summed E-state index contributed by atoms with van der Waals surface area (Å²) < 4.78 is 10.0. The van der Waals surface area contributed by atoms with E-state index < -0.39 is 18.5 Å². The van der Waals surface area contributed by atoms with Gasteiger partial charge in [0.1, 0.15) is 11.5 Å². The van der Waals surface area contributed by atoms with Crippen LogP contribution in [0.5, 0.6) is 11.5 Å². The lowest BCUT2D eigenvalue weighted by Gasteiger charge is -2.10. The van der Waals surface area contributed by atoms with Crippen molar-refractivity contribution in [3.63, 3.8) is 0 Å². The maximum absolute atomic E-state index is 11.7. The van der Waals surface area contributed by atoms with Crippen molar-refractivity contribution < 1.29 is 29.0 Å². The van der Waals surface area contributed by atoms with Gasteiger partial charge in [0.15, 0.2) is 6.61 Å². The highest BCUT2D eigenvalue weighted by molar-refractivity contribution is 5.96. The zero-order valence-corrected chi connectivity index (χ0v) is 9.93. The predicted molar refractivity (Wildman–Crippen MR) is 60.6 cm³/mol. The van der Waals surface area contributed by atoms with Crippen LogP contribution in [-0.2, 0) is 9.63 Å². The van der Waals surface area contributed by atoms with Crippen molar-refractivity contribution in [1.29, 1.82) is 0 Å². The molecule has 18 heavy (non-hydrogen) atoms. The van der Waals surface area contributed by atoms with E-state index >= 15 is 0 Å². The number of hydrogen-bond acceptors (Lipinski definition) is 5. The second-order valence-electron chi connectivity index (χ2n) is 3.18. The average molecular weight is 255 g/mol. The van der Waals surface area contributed by atoms with E-state index in [0.29, 0.717) is 11.5 Å². The number of hydroxylamine groups is 1. The molecule has 98 valence electrons. The van der Waals surface area contributed by atoms with Crippen molar-refractivity contribution in [2.45, 2.75) is 0 Å². The molecule has 0 bridgehead atoms. The topological polar surface area (TPSA) is 94.1 Å². The molecular formula is C11H13NO6. The van der Waals surface area contributed by atoms with Crippen molar-refractivity contribution >= 4 is 11.9 Å². The Morgan fingerprint density at radius 2 is 2.00 bits per heavy atom. The molecule has 1 rings (SSSR count). The van der Waals surface area contributed by atoms with Crippen molar-refractivity contribution in [3.8, 4) is 11.5 Å². The molecule has 7 heteroatoms. The summed E-state index contributed by atoms with van der Waals surface area (Å²) in [5, 5.41) is 8.35. The molecule has 0 spiro atoms. The summed E-state index contributed by atoms with van der Waals surface area (Å²) in [4.78, 5) is 26.3. The quantitative estimate of drug-likeness (QED) is 0.717. The highest BCUT2D eigenvalue weighted by Gasteiger charge is 2.13. The molecule has 0 aromatic heterocycles. The molecule has 0 radical (unpaired) electrons. The molecule has 0 unspecified atom stereocenters. The van der Waals surface area contributed by atoms with Gasteiger partial charge >= 0.3 is 5.97 Å². The zero-order valence-electron chi connectivity index (χ0n) is 9.93. The molecule has 0 saturated heterocycles. The number of hydrogen-bond donors (Lipinski definition) is 2. The van der Waals surface area contributed by atoms with Gasteiger partial charge in [-0.3, -0.25) is 9.63 Å². The normalized spacial score (nSPS) is 9.67. The van der Waals surface area contributed by atoms with Gasteiger partial charge in [-0.1, -0.05) is 0 Å². The molecule has 1 aromatic carbocycles. The lowest BCUT2D eigenvalue weighted by molar-refractivity contribution is -0.144. The maximum atomic E-state index is 11.7. The number of carbonyl (C=O) groups excluding carboxylic acids is 1. The third kappa shape index (κ3) is 3.63.